The Bertz CT molecular complexity index is 2220. The molecule has 1 aromatic carbocycles. The Morgan fingerprint density at radius 2 is 1.94 bits per heavy atom. The Kier molecular flexibility index (Phi) is 10.0. The van der Waals surface area contributed by atoms with Gasteiger partial charge in [0.2, 0.25) is 0 Å². The second-order valence-electron chi connectivity index (χ2n) is 11.0. The summed E-state index contributed by atoms with van der Waals surface area (Å²) in [4.78, 5) is 41.4. The van der Waals surface area contributed by atoms with Gasteiger partial charge in [-0.2, -0.15) is 18.4 Å². The molecule has 10 nitrogen and oxygen atoms in total. The van der Waals surface area contributed by atoms with Gasteiger partial charge in [-0.25, -0.2) is 14.8 Å². The van der Waals surface area contributed by atoms with E-state index in [1.807, 2.05) is 0 Å². The molecule has 0 atom stereocenters. The Morgan fingerprint density at radius 1 is 1.17 bits per heavy atom. The lowest BCUT2D eigenvalue weighted by Gasteiger charge is -2.23. The molecule has 4 aromatic heterocycles. The number of carbonyl (C=O) groups is 1. The molecule has 15 heteroatoms. The summed E-state index contributed by atoms with van der Waals surface area (Å²) >= 11 is 7.59. The number of rotatable bonds is 9. The van der Waals surface area contributed by atoms with E-state index in [1.165, 1.54) is 45.6 Å². The minimum absolute atomic E-state index is 0.0104. The van der Waals surface area contributed by atoms with Gasteiger partial charge < -0.3 is 10.0 Å². The fraction of sp³-hybridized carbons (Fsp3) is 0.273. The maximum Gasteiger partial charge on any atom is 0.401 e. The van der Waals surface area contributed by atoms with E-state index in [-0.39, 0.29) is 40.9 Å². The molecule has 0 radical (unpaired) electrons. The highest BCUT2D eigenvalue weighted by atomic mass is 35.5. The maximum absolute atomic E-state index is 13.8. The summed E-state index contributed by atoms with van der Waals surface area (Å²) in [5, 5.41) is 21.7. The van der Waals surface area contributed by atoms with Gasteiger partial charge in [-0.05, 0) is 51.2 Å². The first-order valence-electron chi connectivity index (χ1n) is 14.4. The van der Waals surface area contributed by atoms with Crippen molar-refractivity contribution in [3.05, 3.63) is 79.9 Å². The summed E-state index contributed by atoms with van der Waals surface area (Å²) in [6.07, 6.45) is -1.01. The van der Waals surface area contributed by atoms with Gasteiger partial charge in [0.1, 0.15) is 23.3 Å². The van der Waals surface area contributed by atoms with Crippen LogP contribution >= 0.6 is 22.9 Å². The smallest absolute Gasteiger partial charge is 0.401 e. The SMILES string of the molecule is Cc1nc2cnc(N(C)CCCN(C)CC(F)(F)F)c(C#N)c2c(=O)n1CC#Cc1ccc(Cl)cc1-c1ccnc2c(C(=O)O)csc12. The molecule has 0 amide bonds. The van der Waals surface area contributed by atoms with Crippen molar-refractivity contribution in [1.82, 2.24) is 24.4 Å². The number of nitrogens with zero attached hydrogens (tertiary/aromatic N) is 7. The minimum Gasteiger partial charge on any atom is -0.478 e. The zero-order chi connectivity index (χ0) is 34.7. The second kappa shape index (κ2) is 14.0. The predicted molar refractivity (Wildman–Crippen MR) is 179 cm³/mol. The van der Waals surface area contributed by atoms with E-state index in [4.69, 9.17) is 11.6 Å². The van der Waals surface area contributed by atoms with Gasteiger partial charge in [0.05, 0.1) is 46.0 Å². The Morgan fingerprint density at radius 3 is 2.65 bits per heavy atom. The number of anilines is 1. The van der Waals surface area contributed by atoms with Gasteiger partial charge in [0, 0.05) is 46.9 Å². The summed E-state index contributed by atoms with van der Waals surface area (Å²) in [6, 6.07) is 8.97. The van der Waals surface area contributed by atoms with E-state index >= 15 is 0 Å². The second-order valence-corrected chi connectivity index (χ2v) is 12.3. The molecule has 0 fully saturated rings. The molecule has 48 heavy (non-hydrogen) atoms. The first kappa shape index (κ1) is 34.3. The molecular formula is C33H27ClF3N7O3S. The largest absolute Gasteiger partial charge is 0.478 e. The Hall–Kier alpha value is -5.02. The van der Waals surface area contributed by atoms with Crippen molar-refractivity contribution < 1.29 is 23.1 Å². The molecule has 1 N–H and O–H groups in total. The first-order chi connectivity index (χ1) is 22.8. The summed E-state index contributed by atoms with van der Waals surface area (Å²) < 4.78 is 40.0. The van der Waals surface area contributed by atoms with Crippen LogP contribution in [0.25, 0.3) is 32.2 Å². The third-order valence-electron chi connectivity index (χ3n) is 7.54. The van der Waals surface area contributed by atoms with Gasteiger partial charge in [-0.15, -0.1) is 11.3 Å². The van der Waals surface area contributed by atoms with Crippen LogP contribution in [0.1, 0.15) is 33.7 Å². The van der Waals surface area contributed by atoms with Crippen LogP contribution in [0.4, 0.5) is 19.0 Å². The number of thiophene rings is 1. The first-order valence-corrected chi connectivity index (χ1v) is 15.7. The molecule has 5 aromatic rings. The van der Waals surface area contributed by atoms with E-state index in [9.17, 15) is 33.1 Å². The quantitative estimate of drug-likeness (QED) is 0.186. The molecule has 4 heterocycles. The average molecular weight is 694 g/mol. The normalized spacial score (nSPS) is 11.5. The van der Waals surface area contributed by atoms with Gasteiger partial charge in [-0.3, -0.25) is 19.2 Å². The monoisotopic (exact) mass is 693 g/mol. The number of alkyl halides is 3. The number of carboxylic acids is 1. The molecule has 0 aliphatic heterocycles. The molecule has 0 aliphatic carbocycles. The van der Waals surface area contributed by atoms with Crippen LogP contribution in [-0.4, -0.2) is 75.4 Å². The number of carboxylic acid groups (broad SMARTS) is 1. The van der Waals surface area contributed by atoms with Crippen LogP contribution < -0.4 is 10.5 Å². The molecule has 5 rings (SSSR count). The third kappa shape index (κ3) is 7.26. The number of benzene rings is 1. The summed E-state index contributed by atoms with van der Waals surface area (Å²) in [5.41, 5.74) is 2.17. The number of hydrogen-bond acceptors (Lipinski definition) is 9. The van der Waals surface area contributed by atoms with Crippen LogP contribution in [0.3, 0.4) is 0 Å². The van der Waals surface area contributed by atoms with Gasteiger partial charge >= 0.3 is 12.1 Å². The fourth-order valence-electron chi connectivity index (χ4n) is 5.32. The standard InChI is InChI=1S/C33H27ClF3N7O3S/c1-19-41-26-16-40-30(43(3)12-5-11-42(2)18-33(35,36)37)24(15-38)27(26)31(45)44(19)13-4-6-20-7-8-21(34)14-23(20)22-9-10-39-28-25(32(46)47)17-48-29(22)28/h7-10,14,16-17H,5,11-13,18H2,1-3H3,(H,46,47). The lowest BCUT2D eigenvalue weighted by molar-refractivity contribution is -0.143. The van der Waals surface area contributed by atoms with Crippen LogP contribution in [0.15, 0.2) is 46.8 Å². The fourth-order valence-corrected chi connectivity index (χ4v) is 6.52. The Balaban J connectivity index is 1.46. The van der Waals surface area contributed by atoms with Crippen molar-refractivity contribution in [3.63, 3.8) is 0 Å². The van der Waals surface area contributed by atoms with E-state index in [0.29, 0.717) is 50.7 Å². The van der Waals surface area contributed by atoms with E-state index in [2.05, 4.69) is 32.9 Å². The van der Waals surface area contributed by atoms with Crippen molar-refractivity contribution in [2.75, 3.05) is 38.6 Å². The molecule has 0 saturated heterocycles. The van der Waals surface area contributed by atoms with E-state index < -0.39 is 24.2 Å². The maximum atomic E-state index is 13.8. The molecule has 0 bridgehead atoms. The number of pyridine rings is 2. The van der Waals surface area contributed by atoms with Crippen LogP contribution in [0, 0.1) is 30.1 Å². The number of aromatic nitrogens is 4. The molecule has 0 saturated carbocycles. The summed E-state index contributed by atoms with van der Waals surface area (Å²) in [6.45, 7) is 1.02. The van der Waals surface area contributed by atoms with Gasteiger partial charge in [0.15, 0.2) is 0 Å². The number of aryl methyl sites for hydroxylation is 1. The average Bonchev–Trinajstić information content (AvgIpc) is 3.46. The van der Waals surface area contributed by atoms with Crippen molar-refractivity contribution in [2.24, 2.45) is 0 Å². The minimum atomic E-state index is -4.30. The zero-order valence-corrected chi connectivity index (χ0v) is 27.5. The van der Waals surface area contributed by atoms with Crippen molar-refractivity contribution in [2.45, 2.75) is 26.1 Å². The molecule has 246 valence electrons. The van der Waals surface area contributed by atoms with Crippen LogP contribution in [0.2, 0.25) is 5.02 Å². The summed E-state index contributed by atoms with van der Waals surface area (Å²) in [7, 11) is 3.04. The molecule has 0 unspecified atom stereocenters. The number of nitriles is 1. The molecule has 0 spiro atoms. The summed E-state index contributed by atoms with van der Waals surface area (Å²) in [5.74, 6) is 5.62. The number of halogens is 4. The number of hydrogen-bond donors (Lipinski definition) is 1. The molecular weight excluding hydrogens is 667 g/mol. The topological polar surface area (TPSA) is 128 Å². The van der Waals surface area contributed by atoms with Crippen molar-refractivity contribution >= 4 is 55.8 Å². The number of fused-ring (bicyclic) bond motifs is 2. The van der Waals surface area contributed by atoms with Crippen molar-refractivity contribution in [1.29, 1.82) is 5.26 Å². The van der Waals surface area contributed by atoms with E-state index in [1.54, 1.807) is 43.1 Å². The van der Waals surface area contributed by atoms with Crippen LogP contribution in [0.5, 0.6) is 0 Å². The van der Waals surface area contributed by atoms with Gasteiger partial charge in [-0.1, -0.05) is 23.4 Å². The third-order valence-corrected chi connectivity index (χ3v) is 8.78. The Labute approximate surface area is 281 Å². The lowest BCUT2D eigenvalue weighted by atomic mass is 10.00. The highest BCUT2D eigenvalue weighted by molar-refractivity contribution is 7.18. The predicted octanol–water partition coefficient (Wildman–Crippen LogP) is 5.97. The lowest BCUT2D eigenvalue weighted by Crippen LogP contribution is -2.33. The number of aromatic carboxylic acids is 1. The van der Waals surface area contributed by atoms with E-state index in [0.717, 1.165) is 0 Å². The van der Waals surface area contributed by atoms with Crippen LogP contribution in [-0.2, 0) is 6.54 Å². The highest BCUT2D eigenvalue weighted by Crippen LogP contribution is 2.36. The zero-order valence-electron chi connectivity index (χ0n) is 25.9. The molecule has 0 aliphatic rings. The van der Waals surface area contributed by atoms with Gasteiger partial charge in [0.25, 0.3) is 5.56 Å². The van der Waals surface area contributed by atoms with Crippen molar-refractivity contribution in [3.8, 4) is 29.0 Å². The highest BCUT2D eigenvalue weighted by Gasteiger charge is 2.29.